The van der Waals surface area contributed by atoms with Gasteiger partial charge in [0.25, 0.3) is 0 Å². The van der Waals surface area contributed by atoms with E-state index >= 15 is 0 Å². The van der Waals surface area contributed by atoms with E-state index in [0.29, 0.717) is 11.3 Å². The third-order valence-corrected chi connectivity index (χ3v) is 3.46. The van der Waals surface area contributed by atoms with Crippen LogP contribution in [0.3, 0.4) is 0 Å². The minimum atomic E-state index is -0.332. The minimum absolute atomic E-state index is 0.332. The van der Waals surface area contributed by atoms with Gasteiger partial charge in [-0.25, -0.2) is 4.79 Å². The van der Waals surface area contributed by atoms with Crippen molar-refractivity contribution in [1.29, 1.82) is 0 Å². The smallest absolute Gasteiger partial charge is 0.343 e. The molecule has 0 bridgehead atoms. The number of benzene rings is 3. The van der Waals surface area contributed by atoms with Gasteiger partial charge in [0, 0.05) is 0 Å². The first kappa shape index (κ1) is 13.4. The summed E-state index contributed by atoms with van der Waals surface area (Å²) in [6.45, 7) is 4.05. The van der Waals surface area contributed by atoms with Crippen molar-refractivity contribution >= 4 is 16.7 Å². The van der Waals surface area contributed by atoms with Gasteiger partial charge >= 0.3 is 5.97 Å². The van der Waals surface area contributed by atoms with Gasteiger partial charge in [-0.2, -0.15) is 0 Å². The number of fused-ring (bicyclic) bond motifs is 1. The lowest BCUT2D eigenvalue weighted by Gasteiger charge is -2.06. The van der Waals surface area contributed by atoms with Crippen LogP contribution in [0, 0.1) is 13.8 Å². The molecule has 0 fully saturated rings. The highest BCUT2D eigenvalue weighted by Gasteiger charge is 2.09. The number of carbonyl (C=O) groups is 1. The summed E-state index contributed by atoms with van der Waals surface area (Å²) in [6.07, 6.45) is 0. The maximum Gasteiger partial charge on any atom is 0.343 e. The molecular formula is C19H16O2. The lowest BCUT2D eigenvalue weighted by molar-refractivity contribution is 0.0735. The molecule has 0 spiro atoms. The normalized spacial score (nSPS) is 10.6. The monoisotopic (exact) mass is 276 g/mol. The molecule has 0 amide bonds. The maximum absolute atomic E-state index is 12.2. The van der Waals surface area contributed by atoms with Crippen LogP contribution < -0.4 is 4.74 Å². The standard InChI is InChI=1S/C19H16O2/c1-13-4-9-18(10-5-13)21-19(20)17-8-7-15-11-14(2)3-6-16(15)12-17/h3-12H,1-2H3. The lowest BCUT2D eigenvalue weighted by Crippen LogP contribution is -2.08. The van der Waals surface area contributed by atoms with Crippen molar-refractivity contribution in [2.45, 2.75) is 13.8 Å². The Morgan fingerprint density at radius 1 is 0.762 bits per heavy atom. The summed E-state index contributed by atoms with van der Waals surface area (Å²) in [5.41, 5.74) is 2.90. The van der Waals surface area contributed by atoms with Crippen LogP contribution in [0.1, 0.15) is 21.5 Å². The summed E-state index contributed by atoms with van der Waals surface area (Å²) in [5, 5.41) is 2.17. The molecule has 0 heterocycles. The molecule has 0 aliphatic heterocycles. The molecule has 3 rings (SSSR count). The predicted molar refractivity (Wildman–Crippen MR) is 84.8 cm³/mol. The van der Waals surface area contributed by atoms with Crippen molar-refractivity contribution in [2.75, 3.05) is 0 Å². The molecule has 0 unspecified atom stereocenters. The first-order valence-corrected chi connectivity index (χ1v) is 6.91. The molecule has 21 heavy (non-hydrogen) atoms. The van der Waals surface area contributed by atoms with Gasteiger partial charge in [-0.15, -0.1) is 0 Å². The first-order chi connectivity index (χ1) is 10.1. The lowest BCUT2D eigenvalue weighted by atomic mass is 10.0. The molecule has 0 saturated heterocycles. The average molecular weight is 276 g/mol. The molecule has 0 saturated carbocycles. The predicted octanol–water partition coefficient (Wildman–Crippen LogP) is 4.68. The molecule has 3 aromatic rings. The fraction of sp³-hybridized carbons (Fsp3) is 0.105. The summed E-state index contributed by atoms with van der Waals surface area (Å²) in [5.74, 6) is 0.232. The van der Waals surface area contributed by atoms with Crippen LogP contribution in [0.2, 0.25) is 0 Å². The van der Waals surface area contributed by atoms with Crippen LogP contribution in [0.4, 0.5) is 0 Å². The summed E-state index contributed by atoms with van der Waals surface area (Å²) in [7, 11) is 0. The van der Waals surface area contributed by atoms with Crippen LogP contribution >= 0.6 is 0 Å². The molecule has 0 aliphatic rings. The van der Waals surface area contributed by atoms with E-state index in [4.69, 9.17) is 4.74 Å². The first-order valence-electron chi connectivity index (χ1n) is 6.91. The van der Waals surface area contributed by atoms with E-state index in [1.807, 2.05) is 43.3 Å². The van der Waals surface area contributed by atoms with Crippen molar-refractivity contribution in [2.24, 2.45) is 0 Å². The van der Waals surface area contributed by atoms with Gasteiger partial charge in [0.1, 0.15) is 5.75 Å². The quantitative estimate of drug-likeness (QED) is 0.502. The third-order valence-electron chi connectivity index (χ3n) is 3.46. The molecule has 0 N–H and O–H groups in total. The number of hydrogen-bond donors (Lipinski definition) is 0. The highest BCUT2D eigenvalue weighted by atomic mass is 16.5. The number of carbonyl (C=O) groups excluding carboxylic acids is 1. The van der Waals surface area contributed by atoms with E-state index < -0.39 is 0 Å². The van der Waals surface area contributed by atoms with Gasteiger partial charge < -0.3 is 4.74 Å². The van der Waals surface area contributed by atoms with E-state index in [1.165, 1.54) is 5.56 Å². The van der Waals surface area contributed by atoms with Crippen molar-refractivity contribution in [3.8, 4) is 5.75 Å². The zero-order valence-electron chi connectivity index (χ0n) is 12.1. The van der Waals surface area contributed by atoms with Gasteiger partial charge in [0.15, 0.2) is 0 Å². The molecular weight excluding hydrogens is 260 g/mol. The van der Waals surface area contributed by atoms with E-state index in [9.17, 15) is 4.79 Å². The highest BCUT2D eigenvalue weighted by molar-refractivity contribution is 5.96. The Morgan fingerprint density at radius 2 is 1.38 bits per heavy atom. The summed E-state index contributed by atoms with van der Waals surface area (Å²) in [6, 6.07) is 19.2. The Kier molecular flexibility index (Phi) is 3.44. The number of rotatable bonds is 2. The average Bonchev–Trinajstić information content (AvgIpc) is 2.49. The van der Waals surface area contributed by atoms with Gasteiger partial charge in [-0.3, -0.25) is 0 Å². The molecule has 2 nitrogen and oxygen atoms in total. The van der Waals surface area contributed by atoms with Crippen LogP contribution in [0.25, 0.3) is 10.8 Å². The van der Waals surface area contributed by atoms with Crippen molar-refractivity contribution in [3.05, 3.63) is 77.4 Å². The van der Waals surface area contributed by atoms with Gasteiger partial charge in [-0.1, -0.05) is 47.5 Å². The number of ether oxygens (including phenoxy) is 1. The number of aryl methyl sites for hydroxylation is 2. The minimum Gasteiger partial charge on any atom is -0.423 e. The van der Waals surface area contributed by atoms with Crippen LogP contribution in [0.15, 0.2) is 60.7 Å². The van der Waals surface area contributed by atoms with E-state index in [2.05, 4.69) is 13.0 Å². The number of esters is 1. The Balaban J connectivity index is 1.87. The van der Waals surface area contributed by atoms with E-state index in [-0.39, 0.29) is 5.97 Å². The summed E-state index contributed by atoms with van der Waals surface area (Å²) >= 11 is 0. The molecule has 3 aromatic carbocycles. The van der Waals surface area contributed by atoms with Crippen LogP contribution in [-0.4, -0.2) is 5.97 Å². The molecule has 0 aliphatic carbocycles. The zero-order chi connectivity index (χ0) is 14.8. The second-order valence-corrected chi connectivity index (χ2v) is 5.27. The third kappa shape index (κ3) is 2.95. The van der Waals surface area contributed by atoms with Crippen molar-refractivity contribution in [3.63, 3.8) is 0 Å². The molecule has 0 atom stereocenters. The SMILES string of the molecule is Cc1ccc(OC(=O)c2ccc3cc(C)ccc3c2)cc1. The molecule has 0 aromatic heterocycles. The second-order valence-electron chi connectivity index (χ2n) is 5.27. The van der Waals surface area contributed by atoms with Gasteiger partial charge in [0.05, 0.1) is 5.56 Å². The Labute approximate surface area is 124 Å². The van der Waals surface area contributed by atoms with Crippen molar-refractivity contribution < 1.29 is 9.53 Å². The summed E-state index contributed by atoms with van der Waals surface area (Å²) < 4.78 is 5.39. The zero-order valence-corrected chi connectivity index (χ0v) is 12.1. The Morgan fingerprint density at radius 3 is 2.14 bits per heavy atom. The topological polar surface area (TPSA) is 26.3 Å². The van der Waals surface area contributed by atoms with Gasteiger partial charge in [0.2, 0.25) is 0 Å². The van der Waals surface area contributed by atoms with Crippen LogP contribution in [0.5, 0.6) is 5.75 Å². The largest absolute Gasteiger partial charge is 0.423 e. The molecule has 2 heteroatoms. The van der Waals surface area contributed by atoms with E-state index in [1.54, 1.807) is 18.2 Å². The Hall–Kier alpha value is -2.61. The highest BCUT2D eigenvalue weighted by Crippen LogP contribution is 2.19. The molecule has 104 valence electrons. The fourth-order valence-corrected chi connectivity index (χ4v) is 2.26. The Bertz CT molecular complexity index is 801. The van der Waals surface area contributed by atoms with E-state index in [0.717, 1.165) is 16.3 Å². The van der Waals surface area contributed by atoms with Gasteiger partial charge in [-0.05, 0) is 48.9 Å². The maximum atomic E-state index is 12.2. The number of hydrogen-bond acceptors (Lipinski definition) is 2. The molecule has 0 radical (unpaired) electrons. The van der Waals surface area contributed by atoms with Crippen LogP contribution in [-0.2, 0) is 0 Å². The fourth-order valence-electron chi connectivity index (χ4n) is 2.26. The van der Waals surface area contributed by atoms with Crippen molar-refractivity contribution in [1.82, 2.24) is 0 Å². The second kappa shape index (κ2) is 5.41. The summed E-state index contributed by atoms with van der Waals surface area (Å²) in [4.78, 5) is 12.2.